The van der Waals surface area contributed by atoms with Gasteiger partial charge in [0, 0.05) is 12.7 Å². The van der Waals surface area contributed by atoms with Crippen LogP contribution in [0.15, 0.2) is 81.3 Å². The molecule has 1 aliphatic heterocycles. The number of halogens is 1. The lowest BCUT2D eigenvalue weighted by Gasteiger charge is -2.21. The van der Waals surface area contributed by atoms with Crippen molar-refractivity contribution >= 4 is 21.2 Å². The largest absolute Gasteiger partial charge is 0.467 e. The van der Waals surface area contributed by atoms with Crippen LogP contribution in [0.5, 0.6) is 0 Å². The van der Waals surface area contributed by atoms with E-state index >= 15 is 0 Å². The number of hydrazone groups is 1. The van der Waals surface area contributed by atoms with Crippen molar-refractivity contribution < 1.29 is 17.2 Å². The molecule has 0 fully saturated rings. The van der Waals surface area contributed by atoms with E-state index in [-0.39, 0.29) is 16.8 Å². The molecule has 7 heteroatoms. The Kier molecular flexibility index (Phi) is 4.31. The third-order valence-corrected chi connectivity index (χ3v) is 5.62. The minimum absolute atomic E-state index is 0.157. The zero-order chi connectivity index (χ0) is 19.0. The Hall–Kier alpha value is -2.93. The van der Waals surface area contributed by atoms with Crippen molar-refractivity contribution in [1.82, 2.24) is 0 Å². The molecule has 4 rings (SSSR count). The third kappa shape index (κ3) is 3.50. The van der Waals surface area contributed by atoms with Gasteiger partial charge in [0.2, 0.25) is 0 Å². The molecule has 1 aromatic heterocycles. The first-order valence-corrected chi connectivity index (χ1v) is 10.3. The second-order valence-corrected chi connectivity index (χ2v) is 8.42. The maximum atomic E-state index is 13.3. The predicted octanol–water partition coefficient (Wildman–Crippen LogP) is 4.18. The minimum atomic E-state index is -3.25. The maximum Gasteiger partial charge on any atom is 0.175 e. The van der Waals surface area contributed by atoms with Crippen LogP contribution < -0.4 is 5.01 Å². The van der Waals surface area contributed by atoms with Crippen LogP contribution in [0, 0.1) is 5.82 Å². The highest BCUT2D eigenvalue weighted by atomic mass is 32.2. The topological polar surface area (TPSA) is 62.9 Å². The first-order chi connectivity index (χ1) is 12.9. The molecule has 1 aliphatic rings. The van der Waals surface area contributed by atoms with Crippen molar-refractivity contribution in [3.8, 4) is 0 Å². The highest BCUT2D eigenvalue weighted by Crippen LogP contribution is 2.37. The Morgan fingerprint density at radius 2 is 1.78 bits per heavy atom. The number of rotatable bonds is 4. The van der Waals surface area contributed by atoms with E-state index in [1.54, 1.807) is 47.7 Å². The van der Waals surface area contributed by atoms with E-state index < -0.39 is 9.84 Å². The summed E-state index contributed by atoms with van der Waals surface area (Å²) in [5, 5.41) is 6.51. The van der Waals surface area contributed by atoms with Crippen LogP contribution in [0.2, 0.25) is 0 Å². The molecule has 0 saturated carbocycles. The van der Waals surface area contributed by atoms with E-state index in [2.05, 4.69) is 0 Å². The van der Waals surface area contributed by atoms with Crippen LogP contribution in [-0.2, 0) is 9.84 Å². The molecule has 1 atom stereocenters. The summed E-state index contributed by atoms with van der Waals surface area (Å²) in [7, 11) is -3.25. The fraction of sp³-hybridized carbons (Fsp3) is 0.150. The molecule has 2 heterocycles. The second-order valence-electron chi connectivity index (χ2n) is 6.40. The number of hydrogen-bond donors (Lipinski definition) is 0. The lowest BCUT2D eigenvalue weighted by atomic mass is 10.0. The molecule has 0 saturated heterocycles. The lowest BCUT2D eigenvalue weighted by molar-refractivity contribution is 0.465. The quantitative estimate of drug-likeness (QED) is 0.677. The van der Waals surface area contributed by atoms with Gasteiger partial charge in [-0.05, 0) is 54.1 Å². The van der Waals surface area contributed by atoms with E-state index in [4.69, 9.17) is 9.52 Å². The van der Waals surface area contributed by atoms with E-state index in [0.717, 1.165) is 22.7 Å². The van der Waals surface area contributed by atoms with Gasteiger partial charge in [0.05, 0.1) is 22.6 Å². The summed E-state index contributed by atoms with van der Waals surface area (Å²) in [6, 6.07) is 16.3. The van der Waals surface area contributed by atoms with Gasteiger partial charge in [-0.3, -0.25) is 5.01 Å². The van der Waals surface area contributed by atoms with Gasteiger partial charge >= 0.3 is 0 Å². The molecule has 3 aromatic rings. The zero-order valence-corrected chi connectivity index (χ0v) is 15.4. The summed E-state index contributed by atoms with van der Waals surface area (Å²) in [6.45, 7) is 0. The molecule has 1 unspecified atom stereocenters. The minimum Gasteiger partial charge on any atom is -0.467 e. The fourth-order valence-corrected chi connectivity index (χ4v) is 3.74. The van der Waals surface area contributed by atoms with Crippen molar-refractivity contribution in [2.24, 2.45) is 5.10 Å². The molecule has 138 valence electrons. The van der Waals surface area contributed by atoms with Crippen molar-refractivity contribution in [2.45, 2.75) is 17.4 Å². The van der Waals surface area contributed by atoms with Gasteiger partial charge in [0.1, 0.15) is 17.6 Å². The molecule has 0 N–H and O–H groups in total. The smallest absolute Gasteiger partial charge is 0.175 e. The van der Waals surface area contributed by atoms with Crippen LogP contribution in [0.1, 0.15) is 23.8 Å². The summed E-state index contributed by atoms with van der Waals surface area (Å²) in [5.74, 6) is 0.443. The summed E-state index contributed by atoms with van der Waals surface area (Å²) in [4.78, 5) is 0.267. The standard InChI is InChI=1S/C20H17FN2O3S/c1-27(24,25)17-10-4-14(5-11-17)18-13-19(20-3-2-12-26-20)23(22-18)16-8-6-15(21)7-9-16/h2-12,19H,13H2,1H3. The van der Waals surface area contributed by atoms with E-state index in [0.29, 0.717) is 6.42 Å². The lowest BCUT2D eigenvalue weighted by Crippen LogP contribution is -2.17. The highest BCUT2D eigenvalue weighted by Gasteiger charge is 2.31. The Balaban J connectivity index is 1.71. The SMILES string of the molecule is CS(=O)(=O)c1ccc(C2=NN(c3ccc(F)cc3)C(c3ccco3)C2)cc1. The molecule has 0 amide bonds. The maximum absolute atomic E-state index is 13.3. The molecule has 5 nitrogen and oxygen atoms in total. The van der Waals surface area contributed by atoms with E-state index in [9.17, 15) is 12.8 Å². The van der Waals surface area contributed by atoms with Crippen LogP contribution in [0.4, 0.5) is 10.1 Å². The molecule has 0 aliphatic carbocycles. The van der Waals surface area contributed by atoms with Gasteiger partial charge in [-0.1, -0.05) is 12.1 Å². The third-order valence-electron chi connectivity index (χ3n) is 4.49. The predicted molar refractivity (Wildman–Crippen MR) is 101 cm³/mol. The molecule has 0 spiro atoms. The molecule has 0 bridgehead atoms. The molecule has 27 heavy (non-hydrogen) atoms. The van der Waals surface area contributed by atoms with Gasteiger partial charge in [-0.25, -0.2) is 12.8 Å². The normalized spacial score (nSPS) is 17.2. The van der Waals surface area contributed by atoms with Crippen molar-refractivity contribution in [2.75, 3.05) is 11.3 Å². The number of hydrogen-bond acceptors (Lipinski definition) is 5. The van der Waals surface area contributed by atoms with E-state index in [1.165, 1.54) is 18.4 Å². The summed E-state index contributed by atoms with van der Waals surface area (Å²) >= 11 is 0. The number of nitrogens with zero attached hydrogens (tertiary/aromatic N) is 2. The van der Waals surface area contributed by atoms with Gasteiger partial charge in [-0.2, -0.15) is 5.10 Å². The number of furan rings is 1. The number of benzene rings is 2. The first-order valence-electron chi connectivity index (χ1n) is 8.38. The van der Waals surface area contributed by atoms with Gasteiger partial charge in [-0.15, -0.1) is 0 Å². The Labute approximate surface area is 156 Å². The molecular formula is C20H17FN2O3S. The Bertz CT molecular complexity index is 1070. The van der Waals surface area contributed by atoms with E-state index in [1.807, 2.05) is 12.1 Å². The molecule has 2 aromatic carbocycles. The zero-order valence-electron chi connectivity index (χ0n) is 14.5. The van der Waals surface area contributed by atoms with Gasteiger partial charge in [0.15, 0.2) is 9.84 Å². The molecular weight excluding hydrogens is 367 g/mol. The summed E-state index contributed by atoms with van der Waals surface area (Å²) in [5.41, 5.74) is 2.39. The Morgan fingerprint density at radius 3 is 2.37 bits per heavy atom. The van der Waals surface area contributed by atoms with Crippen molar-refractivity contribution in [1.29, 1.82) is 0 Å². The van der Waals surface area contributed by atoms with Crippen molar-refractivity contribution in [3.63, 3.8) is 0 Å². The van der Waals surface area contributed by atoms with Gasteiger partial charge in [0.25, 0.3) is 0 Å². The van der Waals surface area contributed by atoms with Crippen LogP contribution in [-0.4, -0.2) is 20.4 Å². The average molecular weight is 384 g/mol. The van der Waals surface area contributed by atoms with Gasteiger partial charge < -0.3 is 4.42 Å². The summed E-state index contributed by atoms with van der Waals surface area (Å²) < 4.78 is 42.2. The second kappa shape index (κ2) is 6.66. The number of anilines is 1. The highest BCUT2D eigenvalue weighted by molar-refractivity contribution is 7.90. The van der Waals surface area contributed by atoms with Crippen LogP contribution >= 0.6 is 0 Å². The monoisotopic (exact) mass is 384 g/mol. The van der Waals surface area contributed by atoms with Crippen LogP contribution in [0.3, 0.4) is 0 Å². The molecule has 0 radical (unpaired) electrons. The first kappa shape index (κ1) is 17.5. The number of sulfone groups is 1. The fourth-order valence-electron chi connectivity index (χ4n) is 3.11. The Morgan fingerprint density at radius 1 is 1.07 bits per heavy atom. The van der Waals surface area contributed by atoms with Crippen molar-refractivity contribution in [3.05, 3.63) is 84.1 Å². The summed E-state index contributed by atoms with van der Waals surface area (Å²) in [6.07, 6.45) is 3.37. The van der Waals surface area contributed by atoms with Crippen LogP contribution in [0.25, 0.3) is 0 Å². The average Bonchev–Trinajstić information content (AvgIpc) is 3.31.